The molecule has 0 aliphatic carbocycles. The van der Waals surface area contributed by atoms with E-state index >= 15 is 0 Å². The second-order valence-corrected chi connectivity index (χ2v) is 2.30. The Morgan fingerprint density at radius 1 is 1.58 bits per heavy atom. The molecule has 12 heavy (non-hydrogen) atoms. The Morgan fingerprint density at radius 3 is 2.83 bits per heavy atom. The third-order valence-corrected chi connectivity index (χ3v) is 1.36. The Morgan fingerprint density at radius 2 is 2.33 bits per heavy atom. The molecule has 0 N–H and O–H groups in total. The molecule has 0 aromatic carbocycles. The molecule has 0 radical (unpaired) electrons. The number of methoxy groups -OCH3 is 1. The molecule has 0 aliphatic rings. The quantitative estimate of drug-likeness (QED) is 0.194. The molecule has 0 amide bonds. The summed E-state index contributed by atoms with van der Waals surface area (Å²) in [6.45, 7) is 2.96. The van der Waals surface area contributed by atoms with Crippen LogP contribution in [0.2, 0.25) is 0 Å². The van der Waals surface area contributed by atoms with Crippen LogP contribution >= 0.6 is 0 Å². The lowest BCUT2D eigenvalue weighted by Gasteiger charge is -2.12. The monoisotopic (exact) mass is 173 g/mol. The van der Waals surface area contributed by atoms with Gasteiger partial charge in [0.1, 0.15) is 0 Å². The molecule has 5 nitrogen and oxygen atoms in total. The SMILES string of the molecule is CCCCOC(CN=[N+]=[N-])OC. The first-order chi connectivity index (χ1) is 5.85. The highest BCUT2D eigenvalue weighted by atomic mass is 16.7. The van der Waals surface area contributed by atoms with E-state index in [1.54, 1.807) is 0 Å². The van der Waals surface area contributed by atoms with E-state index in [4.69, 9.17) is 15.0 Å². The zero-order valence-corrected chi connectivity index (χ0v) is 7.56. The summed E-state index contributed by atoms with van der Waals surface area (Å²) in [6.07, 6.45) is 1.68. The lowest BCUT2D eigenvalue weighted by molar-refractivity contribution is -0.116. The molecule has 0 bridgehead atoms. The van der Waals surface area contributed by atoms with Gasteiger partial charge in [0.25, 0.3) is 0 Å². The Bertz CT molecular complexity index is 146. The fourth-order valence-corrected chi connectivity index (χ4v) is 0.658. The molecule has 0 saturated carbocycles. The number of ether oxygens (including phenoxy) is 2. The van der Waals surface area contributed by atoms with E-state index in [1.807, 2.05) is 0 Å². The van der Waals surface area contributed by atoms with Crippen LogP contribution in [0.15, 0.2) is 5.11 Å². The van der Waals surface area contributed by atoms with E-state index in [9.17, 15) is 0 Å². The van der Waals surface area contributed by atoms with Crippen molar-refractivity contribution in [1.29, 1.82) is 0 Å². The van der Waals surface area contributed by atoms with Gasteiger partial charge in [0.2, 0.25) is 0 Å². The predicted molar refractivity (Wildman–Crippen MR) is 45.7 cm³/mol. The maximum absolute atomic E-state index is 8.03. The summed E-state index contributed by atoms with van der Waals surface area (Å²) in [5.74, 6) is 0. The summed E-state index contributed by atoms with van der Waals surface area (Å²) in [7, 11) is 1.53. The van der Waals surface area contributed by atoms with Crippen LogP contribution in [0.25, 0.3) is 10.4 Å². The maximum Gasteiger partial charge on any atom is 0.162 e. The van der Waals surface area contributed by atoms with Gasteiger partial charge in [-0.3, -0.25) is 0 Å². The van der Waals surface area contributed by atoms with Crippen LogP contribution in [-0.4, -0.2) is 26.6 Å². The molecule has 0 spiro atoms. The molecule has 0 saturated heterocycles. The summed E-state index contributed by atoms with van der Waals surface area (Å²) in [6, 6.07) is 0. The minimum atomic E-state index is -0.396. The van der Waals surface area contributed by atoms with Crippen molar-refractivity contribution >= 4 is 0 Å². The van der Waals surface area contributed by atoms with Gasteiger partial charge in [-0.15, -0.1) is 0 Å². The fraction of sp³-hybridized carbons (Fsp3) is 1.00. The van der Waals surface area contributed by atoms with Crippen molar-refractivity contribution in [2.75, 3.05) is 20.3 Å². The fourth-order valence-electron chi connectivity index (χ4n) is 0.658. The standard InChI is InChI=1S/C7H15N3O2/c1-3-4-5-12-7(11-2)6-9-10-8/h7H,3-6H2,1-2H3. The van der Waals surface area contributed by atoms with Crippen molar-refractivity contribution in [2.45, 2.75) is 26.1 Å². The first-order valence-electron chi connectivity index (χ1n) is 4.00. The van der Waals surface area contributed by atoms with Crippen LogP contribution in [-0.2, 0) is 9.47 Å². The van der Waals surface area contributed by atoms with Crippen molar-refractivity contribution in [3.8, 4) is 0 Å². The summed E-state index contributed by atoms with van der Waals surface area (Å²) in [4.78, 5) is 2.62. The lowest BCUT2D eigenvalue weighted by atomic mass is 10.4. The third-order valence-electron chi connectivity index (χ3n) is 1.36. The van der Waals surface area contributed by atoms with Gasteiger partial charge in [0.05, 0.1) is 6.54 Å². The second-order valence-electron chi connectivity index (χ2n) is 2.30. The molecule has 0 aliphatic heterocycles. The normalized spacial score (nSPS) is 12.2. The Hall–Kier alpha value is -0.770. The van der Waals surface area contributed by atoms with E-state index in [1.165, 1.54) is 7.11 Å². The molecule has 0 fully saturated rings. The van der Waals surface area contributed by atoms with E-state index in [0.29, 0.717) is 6.61 Å². The number of rotatable bonds is 7. The van der Waals surface area contributed by atoms with Gasteiger partial charge in [-0.05, 0) is 12.0 Å². The van der Waals surface area contributed by atoms with E-state index in [-0.39, 0.29) is 6.54 Å². The van der Waals surface area contributed by atoms with Gasteiger partial charge in [0.15, 0.2) is 6.29 Å². The molecule has 1 atom stereocenters. The first kappa shape index (κ1) is 11.2. The number of azide groups is 1. The number of nitrogens with zero attached hydrogens (tertiary/aromatic N) is 3. The minimum Gasteiger partial charge on any atom is -0.356 e. The van der Waals surface area contributed by atoms with Gasteiger partial charge in [-0.25, -0.2) is 0 Å². The van der Waals surface area contributed by atoms with Gasteiger partial charge < -0.3 is 9.47 Å². The summed E-state index contributed by atoms with van der Waals surface area (Å²) < 4.78 is 10.2. The van der Waals surface area contributed by atoms with Crippen LogP contribution in [0, 0.1) is 0 Å². The Balaban J connectivity index is 3.45. The van der Waals surface area contributed by atoms with Crippen molar-refractivity contribution in [3.63, 3.8) is 0 Å². The largest absolute Gasteiger partial charge is 0.356 e. The van der Waals surface area contributed by atoms with Crippen LogP contribution in [0.5, 0.6) is 0 Å². The highest BCUT2D eigenvalue weighted by Gasteiger charge is 2.03. The molecule has 5 heteroatoms. The minimum absolute atomic E-state index is 0.233. The number of unbranched alkanes of at least 4 members (excludes halogenated alkanes) is 1. The zero-order chi connectivity index (χ0) is 9.23. The highest BCUT2D eigenvalue weighted by Crippen LogP contribution is 1.97. The number of hydrogen-bond donors (Lipinski definition) is 0. The lowest BCUT2D eigenvalue weighted by Crippen LogP contribution is -2.19. The summed E-state index contributed by atoms with van der Waals surface area (Å²) in [5.41, 5.74) is 8.03. The molecular formula is C7H15N3O2. The summed E-state index contributed by atoms with van der Waals surface area (Å²) in [5, 5.41) is 3.35. The van der Waals surface area contributed by atoms with Gasteiger partial charge >= 0.3 is 0 Å². The molecule has 0 aromatic heterocycles. The third kappa shape index (κ3) is 5.97. The first-order valence-corrected chi connectivity index (χ1v) is 4.00. The van der Waals surface area contributed by atoms with Crippen LogP contribution in [0.3, 0.4) is 0 Å². The smallest absolute Gasteiger partial charge is 0.162 e. The van der Waals surface area contributed by atoms with Crippen molar-refractivity contribution in [1.82, 2.24) is 0 Å². The van der Waals surface area contributed by atoms with Crippen LogP contribution in [0.4, 0.5) is 0 Å². The molecule has 0 aromatic rings. The van der Waals surface area contributed by atoms with Crippen molar-refractivity contribution in [3.05, 3.63) is 10.4 Å². The van der Waals surface area contributed by atoms with Crippen LogP contribution < -0.4 is 0 Å². The average molecular weight is 173 g/mol. The molecular weight excluding hydrogens is 158 g/mol. The average Bonchev–Trinajstić information content (AvgIpc) is 2.11. The predicted octanol–water partition coefficient (Wildman–Crippen LogP) is 2.09. The molecule has 0 rings (SSSR count). The van der Waals surface area contributed by atoms with Gasteiger partial charge in [-0.2, -0.15) is 0 Å². The highest BCUT2D eigenvalue weighted by molar-refractivity contribution is 4.50. The zero-order valence-electron chi connectivity index (χ0n) is 7.56. The van der Waals surface area contributed by atoms with Crippen molar-refractivity contribution < 1.29 is 9.47 Å². The Kier molecular flexibility index (Phi) is 7.79. The topological polar surface area (TPSA) is 67.2 Å². The molecule has 0 heterocycles. The van der Waals surface area contributed by atoms with Gasteiger partial charge in [0, 0.05) is 18.6 Å². The van der Waals surface area contributed by atoms with E-state index < -0.39 is 6.29 Å². The molecule has 1 unspecified atom stereocenters. The van der Waals surface area contributed by atoms with E-state index in [2.05, 4.69) is 16.9 Å². The van der Waals surface area contributed by atoms with Gasteiger partial charge in [-0.1, -0.05) is 18.5 Å². The number of hydrogen-bond acceptors (Lipinski definition) is 3. The summed E-state index contributed by atoms with van der Waals surface area (Å²) >= 11 is 0. The van der Waals surface area contributed by atoms with Crippen molar-refractivity contribution in [2.24, 2.45) is 5.11 Å². The molecule has 70 valence electrons. The second kappa shape index (κ2) is 8.33. The van der Waals surface area contributed by atoms with Crippen LogP contribution in [0.1, 0.15) is 19.8 Å². The van der Waals surface area contributed by atoms with E-state index in [0.717, 1.165) is 12.8 Å². The maximum atomic E-state index is 8.03. The Labute approximate surface area is 72.3 Å².